The number of nitriles is 1. The number of nitrogens with one attached hydrogen (secondary N) is 1. The first-order valence-corrected chi connectivity index (χ1v) is 10.7. The molecule has 1 aromatic heterocycles. The van der Waals surface area contributed by atoms with Gasteiger partial charge in [0, 0.05) is 33.7 Å². The SMILES string of the molecule is CNC(=O)c1cc(N=CN2CCCCC2)c(C(=O)N(C)Cc2ccccc2C#N)s1. The lowest BCUT2D eigenvalue weighted by molar-refractivity contribution is 0.0790. The van der Waals surface area contributed by atoms with E-state index < -0.39 is 0 Å². The van der Waals surface area contributed by atoms with Crippen molar-refractivity contribution in [3.8, 4) is 6.07 Å². The second-order valence-electron chi connectivity index (χ2n) is 7.18. The summed E-state index contributed by atoms with van der Waals surface area (Å²) in [6, 6.07) is 11.0. The largest absolute Gasteiger partial charge is 0.363 e. The molecule has 0 aliphatic carbocycles. The standard InChI is InChI=1S/C22H25N5O2S/c1-24-21(28)19-12-18(25-15-27-10-6-3-7-11-27)20(30-19)22(29)26(2)14-17-9-5-4-8-16(17)13-23/h4-5,8-9,12,15H,3,6-7,10-11,14H2,1-2H3,(H,24,28). The van der Waals surface area contributed by atoms with Crippen molar-refractivity contribution in [3.63, 3.8) is 0 Å². The first-order chi connectivity index (χ1) is 14.5. The van der Waals surface area contributed by atoms with Crippen molar-refractivity contribution in [2.24, 2.45) is 4.99 Å². The number of benzene rings is 1. The second kappa shape index (κ2) is 10.0. The van der Waals surface area contributed by atoms with Crippen molar-refractivity contribution >= 4 is 35.2 Å². The Kier molecular flexibility index (Phi) is 7.20. The summed E-state index contributed by atoms with van der Waals surface area (Å²) in [6.07, 6.45) is 5.26. The molecule has 8 heteroatoms. The van der Waals surface area contributed by atoms with E-state index in [-0.39, 0.29) is 11.8 Å². The summed E-state index contributed by atoms with van der Waals surface area (Å²) in [5.41, 5.74) is 1.81. The third-order valence-corrected chi connectivity index (χ3v) is 6.11. The number of amides is 2. The van der Waals surface area contributed by atoms with Gasteiger partial charge < -0.3 is 15.1 Å². The van der Waals surface area contributed by atoms with Gasteiger partial charge in [0.15, 0.2) is 0 Å². The maximum absolute atomic E-state index is 13.2. The number of nitrogens with zero attached hydrogens (tertiary/aromatic N) is 4. The summed E-state index contributed by atoms with van der Waals surface area (Å²) < 4.78 is 0. The molecular formula is C22H25N5O2S. The Morgan fingerprint density at radius 1 is 1.30 bits per heavy atom. The topological polar surface area (TPSA) is 88.8 Å². The summed E-state index contributed by atoms with van der Waals surface area (Å²) in [4.78, 5) is 34.4. The highest BCUT2D eigenvalue weighted by atomic mass is 32.1. The molecule has 1 N–H and O–H groups in total. The minimum absolute atomic E-state index is 0.228. The molecule has 2 aromatic rings. The number of thiophene rings is 1. The van der Waals surface area contributed by atoms with E-state index >= 15 is 0 Å². The molecule has 0 unspecified atom stereocenters. The normalized spacial score (nSPS) is 13.8. The Labute approximate surface area is 180 Å². The Hall–Kier alpha value is -3.18. The van der Waals surface area contributed by atoms with Gasteiger partial charge in [-0.25, -0.2) is 4.99 Å². The van der Waals surface area contributed by atoms with E-state index in [4.69, 9.17) is 0 Å². The van der Waals surface area contributed by atoms with Gasteiger partial charge in [0.05, 0.1) is 28.5 Å². The summed E-state index contributed by atoms with van der Waals surface area (Å²) in [6.45, 7) is 2.19. The number of piperidine rings is 1. The summed E-state index contributed by atoms with van der Waals surface area (Å²) >= 11 is 1.14. The predicted octanol–water partition coefficient (Wildman–Crippen LogP) is 3.40. The van der Waals surface area contributed by atoms with Crippen LogP contribution < -0.4 is 5.32 Å². The third-order valence-electron chi connectivity index (χ3n) is 5.00. The zero-order chi connectivity index (χ0) is 21.5. The fourth-order valence-corrected chi connectivity index (χ4v) is 4.36. The molecule has 1 fully saturated rings. The summed E-state index contributed by atoms with van der Waals surface area (Å²) in [7, 11) is 3.25. The first kappa shape index (κ1) is 21.5. The molecular weight excluding hydrogens is 398 g/mol. The average Bonchev–Trinajstić information content (AvgIpc) is 3.21. The van der Waals surface area contributed by atoms with Gasteiger partial charge in [-0.05, 0) is 37.0 Å². The van der Waals surface area contributed by atoms with Crippen molar-refractivity contribution in [1.29, 1.82) is 5.26 Å². The van der Waals surface area contributed by atoms with Crippen LogP contribution in [-0.2, 0) is 6.54 Å². The lowest BCUT2D eigenvalue weighted by atomic mass is 10.1. The van der Waals surface area contributed by atoms with E-state index in [0.29, 0.717) is 27.5 Å². The lowest BCUT2D eigenvalue weighted by Crippen LogP contribution is -2.28. The highest BCUT2D eigenvalue weighted by Crippen LogP contribution is 2.31. The molecule has 0 atom stereocenters. The van der Waals surface area contributed by atoms with E-state index in [2.05, 4.69) is 21.3 Å². The number of hydrogen-bond acceptors (Lipinski definition) is 5. The van der Waals surface area contributed by atoms with Crippen LogP contribution in [-0.4, -0.2) is 55.1 Å². The minimum atomic E-state index is -0.244. The molecule has 30 heavy (non-hydrogen) atoms. The fraction of sp³-hybridized carbons (Fsp3) is 0.364. The van der Waals surface area contributed by atoms with Gasteiger partial charge in [-0.1, -0.05) is 18.2 Å². The molecule has 1 aromatic carbocycles. The first-order valence-electron chi connectivity index (χ1n) is 9.91. The number of rotatable bonds is 6. The van der Waals surface area contributed by atoms with Crippen LogP contribution in [0.4, 0.5) is 5.69 Å². The maximum atomic E-state index is 13.2. The van der Waals surface area contributed by atoms with E-state index in [1.807, 2.05) is 12.1 Å². The van der Waals surface area contributed by atoms with Crippen LogP contribution in [0.1, 0.15) is 49.7 Å². The molecule has 2 amide bonds. The van der Waals surface area contributed by atoms with Crippen LogP contribution in [0.15, 0.2) is 35.3 Å². The Morgan fingerprint density at radius 2 is 2.03 bits per heavy atom. The summed E-state index contributed by atoms with van der Waals surface area (Å²) in [5, 5.41) is 11.9. The van der Waals surface area contributed by atoms with Gasteiger partial charge in [0.25, 0.3) is 11.8 Å². The number of likely N-dealkylation sites (tertiary alicyclic amines) is 1. The van der Waals surface area contributed by atoms with Crippen LogP contribution in [0.5, 0.6) is 0 Å². The highest BCUT2D eigenvalue weighted by Gasteiger charge is 2.22. The maximum Gasteiger partial charge on any atom is 0.266 e. The number of carbonyl (C=O) groups is 2. The monoisotopic (exact) mass is 423 g/mol. The van der Waals surface area contributed by atoms with Crippen LogP contribution >= 0.6 is 11.3 Å². The van der Waals surface area contributed by atoms with Crippen molar-refractivity contribution in [2.75, 3.05) is 27.2 Å². The van der Waals surface area contributed by atoms with Crippen LogP contribution in [0.3, 0.4) is 0 Å². The zero-order valence-corrected chi connectivity index (χ0v) is 18.0. The molecule has 2 heterocycles. The van der Waals surface area contributed by atoms with Gasteiger partial charge in [-0.3, -0.25) is 9.59 Å². The predicted molar refractivity (Wildman–Crippen MR) is 118 cm³/mol. The van der Waals surface area contributed by atoms with Gasteiger partial charge in [-0.2, -0.15) is 5.26 Å². The van der Waals surface area contributed by atoms with Crippen LogP contribution in [0, 0.1) is 11.3 Å². The average molecular weight is 424 g/mol. The third kappa shape index (κ3) is 5.05. The van der Waals surface area contributed by atoms with E-state index in [1.165, 1.54) is 6.42 Å². The van der Waals surface area contributed by atoms with Gasteiger partial charge in [0.1, 0.15) is 4.88 Å². The molecule has 156 valence electrons. The smallest absolute Gasteiger partial charge is 0.266 e. The molecule has 1 aliphatic heterocycles. The molecule has 3 rings (SSSR count). The van der Waals surface area contributed by atoms with Crippen LogP contribution in [0.25, 0.3) is 0 Å². The molecule has 0 radical (unpaired) electrons. The number of aliphatic imine (C=N–C) groups is 1. The van der Waals surface area contributed by atoms with E-state index in [1.54, 1.807) is 43.5 Å². The lowest BCUT2D eigenvalue weighted by Gasteiger charge is -2.23. The van der Waals surface area contributed by atoms with E-state index in [9.17, 15) is 14.9 Å². The van der Waals surface area contributed by atoms with E-state index in [0.717, 1.165) is 42.8 Å². The number of carbonyl (C=O) groups excluding carboxylic acids is 2. The van der Waals surface area contributed by atoms with Gasteiger partial charge in [-0.15, -0.1) is 11.3 Å². The van der Waals surface area contributed by atoms with Crippen molar-refractivity contribution < 1.29 is 9.59 Å². The van der Waals surface area contributed by atoms with Crippen LogP contribution in [0.2, 0.25) is 0 Å². The Morgan fingerprint density at radius 3 is 2.73 bits per heavy atom. The minimum Gasteiger partial charge on any atom is -0.363 e. The highest BCUT2D eigenvalue weighted by molar-refractivity contribution is 7.16. The van der Waals surface area contributed by atoms with Gasteiger partial charge in [0.2, 0.25) is 0 Å². The van der Waals surface area contributed by atoms with Crippen molar-refractivity contribution in [2.45, 2.75) is 25.8 Å². The molecule has 0 bridgehead atoms. The fourth-order valence-electron chi connectivity index (χ4n) is 3.31. The summed E-state index contributed by atoms with van der Waals surface area (Å²) in [5.74, 6) is -0.473. The number of hydrogen-bond donors (Lipinski definition) is 1. The van der Waals surface area contributed by atoms with Crippen molar-refractivity contribution in [1.82, 2.24) is 15.1 Å². The molecule has 0 saturated carbocycles. The Balaban J connectivity index is 1.85. The quantitative estimate of drug-likeness (QED) is 0.570. The molecule has 0 spiro atoms. The molecule has 7 nitrogen and oxygen atoms in total. The van der Waals surface area contributed by atoms with Crippen molar-refractivity contribution in [3.05, 3.63) is 51.2 Å². The van der Waals surface area contributed by atoms with Gasteiger partial charge >= 0.3 is 0 Å². The second-order valence-corrected chi connectivity index (χ2v) is 8.23. The molecule has 1 saturated heterocycles. The zero-order valence-electron chi connectivity index (χ0n) is 17.2. The molecule has 1 aliphatic rings. The Bertz CT molecular complexity index is 986.